The molecule has 0 amide bonds. The van der Waals surface area contributed by atoms with Crippen molar-refractivity contribution < 1.29 is 14.3 Å². The highest BCUT2D eigenvalue weighted by molar-refractivity contribution is 6.74. The van der Waals surface area contributed by atoms with Gasteiger partial charge in [0.25, 0.3) is 0 Å². The molecule has 0 fully saturated rings. The lowest BCUT2D eigenvalue weighted by Gasteiger charge is -2.36. The van der Waals surface area contributed by atoms with E-state index in [1.165, 1.54) is 0 Å². The highest BCUT2D eigenvalue weighted by Crippen LogP contribution is 2.36. The molecule has 0 unspecified atom stereocenters. The number of rotatable bonds is 6. The lowest BCUT2D eigenvalue weighted by Crippen LogP contribution is -2.41. The van der Waals surface area contributed by atoms with Crippen molar-refractivity contribution in [2.45, 2.75) is 51.7 Å². The summed E-state index contributed by atoms with van der Waals surface area (Å²) in [6, 6.07) is 1.58. The molecule has 6 heteroatoms. The summed E-state index contributed by atoms with van der Waals surface area (Å²) in [4.78, 5) is 10.7. The molecule has 1 aromatic rings. The van der Waals surface area contributed by atoms with Crippen molar-refractivity contribution in [1.82, 2.24) is 10.2 Å². The summed E-state index contributed by atoms with van der Waals surface area (Å²) >= 11 is 0. The van der Waals surface area contributed by atoms with Crippen LogP contribution in [0.5, 0.6) is 0 Å². The van der Waals surface area contributed by atoms with Crippen LogP contribution in [0.25, 0.3) is 0 Å². The van der Waals surface area contributed by atoms with Crippen LogP contribution in [-0.4, -0.2) is 36.2 Å². The lowest BCUT2D eigenvalue weighted by atomic mass is 10.2. The Morgan fingerprint density at radius 2 is 2.11 bits per heavy atom. The van der Waals surface area contributed by atoms with Crippen LogP contribution in [0, 0.1) is 0 Å². The van der Waals surface area contributed by atoms with Crippen molar-refractivity contribution in [2.24, 2.45) is 0 Å². The smallest absolute Gasteiger partial charge is 0.356 e. The molecule has 1 heterocycles. The van der Waals surface area contributed by atoms with E-state index in [-0.39, 0.29) is 10.7 Å². The number of carboxylic acids is 1. The third-order valence-corrected chi connectivity index (χ3v) is 8.25. The summed E-state index contributed by atoms with van der Waals surface area (Å²) in [5, 5.41) is 15.4. The maximum Gasteiger partial charge on any atom is 0.356 e. The van der Waals surface area contributed by atoms with E-state index in [9.17, 15) is 4.79 Å². The highest BCUT2D eigenvalue weighted by atomic mass is 28.4. The molecule has 0 aromatic carbocycles. The van der Waals surface area contributed by atoms with Crippen LogP contribution in [-0.2, 0) is 10.8 Å². The number of nitrogens with zero attached hydrogens (tertiary/aromatic N) is 1. The molecule has 0 aliphatic heterocycles. The first-order valence-electron chi connectivity index (χ1n) is 6.55. The van der Waals surface area contributed by atoms with Crippen LogP contribution in [0.15, 0.2) is 6.07 Å². The summed E-state index contributed by atoms with van der Waals surface area (Å²) in [6.07, 6.45) is 1.63. The van der Waals surface area contributed by atoms with Gasteiger partial charge in [-0.05, 0) is 37.0 Å². The summed E-state index contributed by atoms with van der Waals surface area (Å²) in [7, 11) is -1.68. The minimum Gasteiger partial charge on any atom is -0.476 e. The first-order valence-corrected chi connectivity index (χ1v) is 9.46. The number of aromatic carboxylic acids is 1. The second kappa shape index (κ2) is 5.88. The molecule has 0 atom stereocenters. The first-order chi connectivity index (χ1) is 8.63. The fourth-order valence-electron chi connectivity index (χ4n) is 1.41. The second-order valence-electron chi connectivity index (χ2n) is 6.30. The number of carboxylic acid groups (broad SMARTS) is 1. The van der Waals surface area contributed by atoms with Crippen molar-refractivity contribution in [3.63, 3.8) is 0 Å². The number of H-pyrrole nitrogens is 1. The van der Waals surface area contributed by atoms with Gasteiger partial charge in [0.05, 0.1) is 0 Å². The number of aryl methyl sites for hydroxylation is 1. The van der Waals surface area contributed by atoms with Crippen LogP contribution in [0.3, 0.4) is 0 Å². The predicted octanol–water partition coefficient (Wildman–Crippen LogP) is 3.06. The minimum absolute atomic E-state index is 0.0697. The molecule has 0 radical (unpaired) electrons. The van der Waals surface area contributed by atoms with Crippen molar-refractivity contribution >= 4 is 14.3 Å². The fraction of sp³-hybridized carbons (Fsp3) is 0.692. The molecule has 0 saturated heterocycles. The van der Waals surface area contributed by atoms with Gasteiger partial charge in [0.1, 0.15) is 0 Å². The normalized spacial score (nSPS) is 12.7. The van der Waals surface area contributed by atoms with Gasteiger partial charge in [0, 0.05) is 12.3 Å². The average Bonchev–Trinajstić information content (AvgIpc) is 2.71. The third kappa shape index (κ3) is 4.47. The molecule has 0 bridgehead atoms. The molecule has 0 saturated carbocycles. The van der Waals surface area contributed by atoms with Gasteiger partial charge in [0.2, 0.25) is 0 Å². The largest absolute Gasteiger partial charge is 0.476 e. The Hall–Kier alpha value is -1.14. The van der Waals surface area contributed by atoms with Gasteiger partial charge in [-0.2, -0.15) is 5.10 Å². The second-order valence-corrected chi connectivity index (χ2v) is 11.1. The van der Waals surface area contributed by atoms with E-state index in [4.69, 9.17) is 9.53 Å². The van der Waals surface area contributed by atoms with E-state index in [1.54, 1.807) is 6.07 Å². The third-order valence-electron chi connectivity index (χ3n) is 3.71. The lowest BCUT2D eigenvalue weighted by molar-refractivity contribution is 0.0690. The summed E-state index contributed by atoms with van der Waals surface area (Å²) < 4.78 is 6.06. The van der Waals surface area contributed by atoms with Crippen LogP contribution in [0.1, 0.15) is 43.4 Å². The van der Waals surface area contributed by atoms with Gasteiger partial charge in [-0.25, -0.2) is 4.79 Å². The van der Waals surface area contributed by atoms with Crippen LogP contribution < -0.4 is 0 Å². The van der Waals surface area contributed by atoms with Gasteiger partial charge in [-0.1, -0.05) is 20.8 Å². The summed E-state index contributed by atoms with van der Waals surface area (Å²) in [5.41, 5.74) is 0.913. The monoisotopic (exact) mass is 284 g/mol. The Kier molecular flexibility index (Phi) is 4.92. The Morgan fingerprint density at radius 3 is 2.58 bits per heavy atom. The summed E-state index contributed by atoms with van der Waals surface area (Å²) in [6.45, 7) is 11.8. The van der Waals surface area contributed by atoms with E-state index in [2.05, 4.69) is 44.1 Å². The molecule has 0 aliphatic rings. The summed E-state index contributed by atoms with van der Waals surface area (Å²) in [5.74, 6) is -1.000. The zero-order valence-corrected chi connectivity index (χ0v) is 13.4. The maximum absolute atomic E-state index is 10.7. The van der Waals surface area contributed by atoms with Crippen molar-refractivity contribution in [1.29, 1.82) is 0 Å². The molecule has 19 heavy (non-hydrogen) atoms. The number of aromatic nitrogens is 2. The number of nitrogens with one attached hydrogen (secondary N) is 1. The van der Waals surface area contributed by atoms with Gasteiger partial charge in [0.15, 0.2) is 14.0 Å². The van der Waals surface area contributed by atoms with Gasteiger partial charge in [-0.15, -0.1) is 0 Å². The number of hydrogen-bond acceptors (Lipinski definition) is 3. The Bertz CT molecular complexity index is 435. The minimum atomic E-state index is -1.68. The van der Waals surface area contributed by atoms with Crippen LogP contribution in [0.2, 0.25) is 18.1 Å². The van der Waals surface area contributed by atoms with Gasteiger partial charge in [-0.3, -0.25) is 5.10 Å². The van der Waals surface area contributed by atoms with E-state index in [0.717, 1.165) is 18.5 Å². The highest BCUT2D eigenvalue weighted by Gasteiger charge is 2.36. The van der Waals surface area contributed by atoms with Crippen molar-refractivity contribution in [3.05, 3.63) is 17.5 Å². The topological polar surface area (TPSA) is 75.2 Å². The average molecular weight is 284 g/mol. The van der Waals surface area contributed by atoms with E-state index in [1.807, 2.05) is 0 Å². The van der Waals surface area contributed by atoms with Gasteiger partial charge >= 0.3 is 5.97 Å². The molecule has 1 rings (SSSR count). The Labute approximate surface area is 115 Å². The molecule has 2 N–H and O–H groups in total. The molecular weight excluding hydrogens is 260 g/mol. The molecule has 0 aliphatic carbocycles. The van der Waals surface area contributed by atoms with E-state index >= 15 is 0 Å². The quantitative estimate of drug-likeness (QED) is 0.622. The zero-order chi connectivity index (χ0) is 14.7. The number of hydrogen-bond donors (Lipinski definition) is 2. The Balaban J connectivity index is 2.37. The van der Waals surface area contributed by atoms with Crippen LogP contribution in [0.4, 0.5) is 0 Å². The molecular formula is C13H24N2O3Si. The van der Waals surface area contributed by atoms with Crippen LogP contribution >= 0.6 is 0 Å². The first kappa shape index (κ1) is 15.9. The number of carbonyl (C=O) groups is 1. The van der Waals surface area contributed by atoms with Gasteiger partial charge < -0.3 is 9.53 Å². The van der Waals surface area contributed by atoms with Crippen molar-refractivity contribution in [2.75, 3.05) is 6.61 Å². The molecule has 5 nitrogen and oxygen atoms in total. The molecule has 0 spiro atoms. The predicted molar refractivity (Wildman–Crippen MR) is 77.0 cm³/mol. The maximum atomic E-state index is 10.7. The molecule has 1 aromatic heterocycles. The number of aromatic amines is 1. The standard InChI is InChI=1S/C13H24N2O3Si/c1-13(2,3)19(4,5)18-8-6-7-10-9-11(12(16)17)15-14-10/h9H,6-8H2,1-5H3,(H,14,15)(H,16,17). The van der Waals surface area contributed by atoms with E-state index in [0.29, 0.717) is 6.61 Å². The zero-order valence-electron chi connectivity index (χ0n) is 12.4. The fourth-order valence-corrected chi connectivity index (χ4v) is 2.49. The SMILES string of the molecule is CC(C)(C)[Si](C)(C)OCCCc1cc(C(=O)O)n[nH]1. The molecule has 108 valence electrons. The van der Waals surface area contributed by atoms with Crippen molar-refractivity contribution in [3.8, 4) is 0 Å². The Morgan fingerprint density at radius 1 is 1.47 bits per heavy atom. The van der Waals surface area contributed by atoms with E-state index < -0.39 is 14.3 Å².